The van der Waals surface area contributed by atoms with Gasteiger partial charge in [-0.25, -0.2) is 9.50 Å². The van der Waals surface area contributed by atoms with Gasteiger partial charge in [0.05, 0.1) is 11.4 Å². The summed E-state index contributed by atoms with van der Waals surface area (Å²) in [6.07, 6.45) is 3.47. The summed E-state index contributed by atoms with van der Waals surface area (Å²) in [5.41, 5.74) is 8.31. The number of anilines is 1. The molecule has 0 saturated carbocycles. The van der Waals surface area contributed by atoms with Crippen LogP contribution in [0.5, 0.6) is 11.6 Å². The lowest BCUT2D eigenvalue weighted by molar-refractivity contribution is 0.468. The Morgan fingerprint density at radius 1 is 1.25 bits per heavy atom. The Kier molecular flexibility index (Phi) is 3.02. The molecule has 2 heterocycles. The van der Waals surface area contributed by atoms with Crippen molar-refractivity contribution in [3.8, 4) is 11.6 Å². The fourth-order valence-electron chi connectivity index (χ4n) is 1.96. The maximum Gasteiger partial charge on any atom is 0.245 e. The zero-order valence-corrected chi connectivity index (χ0v) is 11.4. The van der Waals surface area contributed by atoms with Crippen LogP contribution in [0.1, 0.15) is 25.5 Å². The second-order valence-electron chi connectivity index (χ2n) is 4.93. The number of fused-ring (bicyclic) bond motifs is 1. The Bertz CT molecular complexity index is 748. The maximum absolute atomic E-state index is 5.89. The lowest BCUT2D eigenvalue weighted by Gasteiger charge is -2.07. The summed E-state index contributed by atoms with van der Waals surface area (Å²) in [6, 6.07) is 9.35. The standard InChI is InChI=1S/C15H16N4O/c1-10(2)12-9-13-15(17-7-8-19(13)18-12)20-14-6-4-3-5-11(14)16/h3-10H,16H2,1-2H3. The number of hydrogen-bond donors (Lipinski definition) is 1. The topological polar surface area (TPSA) is 65.4 Å². The van der Waals surface area contributed by atoms with E-state index in [1.807, 2.05) is 30.5 Å². The van der Waals surface area contributed by atoms with Gasteiger partial charge in [0, 0.05) is 12.4 Å². The van der Waals surface area contributed by atoms with Gasteiger partial charge in [-0.15, -0.1) is 0 Å². The van der Waals surface area contributed by atoms with Crippen molar-refractivity contribution >= 4 is 11.2 Å². The Labute approximate surface area is 117 Å². The highest BCUT2D eigenvalue weighted by Gasteiger charge is 2.12. The molecule has 0 aliphatic carbocycles. The third kappa shape index (κ3) is 2.18. The van der Waals surface area contributed by atoms with Gasteiger partial charge in [0.25, 0.3) is 0 Å². The van der Waals surface area contributed by atoms with Crippen molar-refractivity contribution in [1.29, 1.82) is 0 Å². The lowest BCUT2D eigenvalue weighted by Crippen LogP contribution is -1.96. The van der Waals surface area contributed by atoms with E-state index in [0.29, 0.717) is 23.2 Å². The highest BCUT2D eigenvalue weighted by molar-refractivity contribution is 5.60. The van der Waals surface area contributed by atoms with Crippen molar-refractivity contribution in [1.82, 2.24) is 14.6 Å². The van der Waals surface area contributed by atoms with Crippen molar-refractivity contribution < 1.29 is 4.74 Å². The molecular weight excluding hydrogens is 252 g/mol. The van der Waals surface area contributed by atoms with Crippen LogP contribution in [0.3, 0.4) is 0 Å². The average molecular weight is 268 g/mol. The van der Waals surface area contributed by atoms with Gasteiger partial charge in [-0.2, -0.15) is 5.10 Å². The predicted molar refractivity (Wildman–Crippen MR) is 78.0 cm³/mol. The molecule has 3 aromatic rings. The van der Waals surface area contributed by atoms with Crippen molar-refractivity contribution in [2.75, 3.05) is 5.73 Å². The third-order valence-electron chi connectivity index (χ3n) is 3.09. The molecule has 1 aromatic carbocycles. The number of nitrogens with zero attached hydrogens (tertiary/aromatic N) is 3. The molecule has 0 spiro atoms. The smallest absolute Gasteiger partial charge is 0.245 e. The molecule has 0 atom stereocenters. The molecule has 2 aromatic heterocycles. The third-order valence-corrected chi connectivity index (χ3v) is 3.09. The van der Waals surface area contributed by atoms with Crippen molar-refractivity contribution in [3.63, 3.8) is 0 Å². The van der Waals surface area contributed by atoms with Gasteiger partial charge in [-0.1, -0.05) is 26.0 Å². The SMILES string of the molecule is CC(C)c1cc2c(Oc3ccccc3N)nccn2n1. The van der Waals surface area contributed by atoms with Crippen LogP contribution in [0, 0.1) is 0 Å². The van der Waals surface area contributed by atoms with E-state index in [1.165, 1.54) is 0 Å². The molecule has 0 aliphatic heterocycles. The Morgan fingerprint density at radius 2 is 2.05 bits per heavy atom. The summed E-state index contributed by atoms with van der Waals surface area (Å²) in [6.45, 7) is 4.20. The van der Waals surface area contributed by atoms with Crippen LogP contribution in [-0.4, -0.2) is 14.6 Å². The van der Waals surface area contributed by atoms with Gasteiger partial charge in [0.2, 0.25) is 5.88 Å². The molecule has 20 heavy (non-hydrogen) atoms. The molecule has 2 N–H and O–H groups in total. The van der Waals surface area contributed by atoms with Gasteiger partial charge >= 0.3 is 0 Å². The number of benzene rings is 1. The highest BCUT2D eigenvalue weighted by atomic mass is 16.5. The summed E-state index contributed by atoms with van der Waals surface area (Å²) in [5, 5.41) is 4.50. The lowest BCUT2D eigenvalue weighted by atomic mass is 10.1. The molecule has 0 aliphatic rings. The summed E-state index contributed by atoms with van der Waals surface area (Å²) in [5.74, 6) is 1.45. The molecule has 0 fully saturated rings. The van der Waals surface area contributed by atoms with Crippen molar-refractivity contribution in [2.45, 2.75) is 19.8 Å². The van der Waals surface area contributed by atoms with Crippen LogP contribution in [-0.2, 0) is 0 Å². The largest absolute Gasteiger partial charge is 0.435 e. The van der Waals surface area contributed by atoms with Crippen molar-refractivity contribution in [3.05, 3.63) is 48.4 Å². The molecular formula is C15H16N4O. The van der Waals surface area contributed by atoms with Gasteiger partial charge in [-0.05, 0) is 24.1 Å². The minimum atomic E-state index is 0.351. The van der Waals surface area contributed by atoms with Crippen LogP contribution >= 0.6 is 0 Å². The van der Waals surface area contributed by atoms with E-state index in [0.717, 1.165) is 11.2 Å². The first-order valence-corrected chi connectivity index (χ1v) is 6.52. The van der Waals surface area contributed by atoms with Crippen LogP contribution in [0.25, 0.3) is 5.52 Å². The second-order valence-corrected chi connectivity index (χ2v) is 4.93. The number of nitrogens with two attached hydrogens (primary N) is 1. The van der Waals surface area contributed by atoms with Crippen LogP contribution < -0.4 is 10.5 Å². The van der Waals surface area contributed by atoms with E-state index >= 15 is 0 Å². The van der Waals surface area contributed by atoms with Gasteiger partial charge < -0.3 is 10.5 Å². The van der Waals surface area contributed by atoms with E-state index in [1.54, 1.807) is 16.8 Å². The first-order chi connectivity index (χ1) is 9.65. The average Bonchev–Trinajstić information content (AvgIpc) is 2.86. The molecule has 102 valence electrons. The monoisotopic (exact) mass is 268 g/mol. The Morgan fingerprint density at radius 3 is 2.80 bits per heavy atom. The number of aromatic nitrogens is 3. The number of nitrogen functional groups attached to an aromatic ring is 1. The quantitative estimate of drug-likeness (QED) is 0.741. The minimum absolute atomic E-state index is 0.351. The van der Waals surface area contributed by atoms with Gasteiger partial charge in [0.15, 0.2) is 5.75 Å². The number of hydrogen-bond acceptors (Lipinski definition) is 4. The summed E-state index contributed by atoms with van der Waals surface area (Å²) < 4.78 is 7.59. The zero-order chi connectivity index (χ0) is 14.1. The maximum atomic E-state index is 5.89. The molecule has 0 saturated heterocycles. The second kappa shape index (κ2) is 4.85. The van der Waals surface area contributed by atoms with Gasteiger partial charge in [0.1, 0.15) is 5.52 Å². The molecule has 0 radical (unpaired) electrons. The molecule has 0 amide bonds. The van der Waals surface area contributed by atoms with E-state index in [9.17, 15) is 0 Å². The van der Waals surface area contributed by atoms with Crippen LogP contribution in [0.4, 0.5) is 5.69 Å². The van der Waals surface area contributed by atoms with Crippen LogP contribution in [0.15, 0.2) is 42.7 Å². The van der Waals surface area contributed by atoms with E-state index in [-0.39, 0.29) is 0 Å². The fourth-order valence-corrected chi connectivity index (χ4v) is 1.96. The Balaban J connectivity index is 2.05. The van der Waals surface area contributed by atoms with E-state index in [2.05, 4.69) is 23.9 Å². The molecule has 5 heteroatoms. The van der Waals surface area contributed by atoms with E-state index < -0.39 is 0 Å². The Hall–Kier alpha value is -2.56. The fraction of sp³-hybridized carbons (Fsp3) is 0.200. The molecule has 3 rings (SSSR count). The number of para-hydroxylation sites is 2. The number of rotatable bonds is 3. The van der Waals surface area contributed by atoms with Gasteiger partial charge in [-0.3, -0.25) is 0 Å². The van der Waals surface area contributed by atoms with Crippen LogP contribution in [0.2, 0.25) is 0 Å². The first kappa shape index (κ1) is 12.5. The molecule has 5 nitrogen and oxygen atoms in total. The molecule has 0 bridgehead atoms. The highest BCUT2D eigenvalue weighted by Crippen LogP contribution is 2.29. The molecule has 0 unspecified atom stereocenters. The summed E-state index contributed by atoms with van der Waals surface area (Å²) in [4.78, 5) is 4.28. The first-order valence-electron chi connectivity index (χ1n) is 6.52. The number of ether oxygens (including phenoxy) is 1. The zero-order valence-electron chi connectivity index (χ0n) is 11.4. The summed E-state index contributed by atoms with van der Waals surface area (Å²) in [7, 11) is 0. The minimum Gasteiger partial charge on any atom is -0.435 e. The van der Waals surface area contributed by atoms with Crippen molar-refractivity contribution in [2.24, 2.45) is 0 Å². The predicted octanol–water partition coefficient (Wildman–Crippen LogP) is 3.23. The van der Waals surface area contributed by atoms with E-state index in [4.69, 9.17) is 10.5 Å². The summed E-state index contributed by atoms with van der Waals surface area (Å²) >= 11 is 0. The normalized spacial score (nSPS) is 11.2.